The normalized spacial score (nSPS) is 19.3. The van der Waals surface area contributed by atoms with Crippen molar-refractivity contribution in [3.05, 3.63) is 53.2 Å². The van der Waals surface area contributed by atoms with Crippen molar-refractivity contribution in [2.45, 2.75) is 12.3 Å². The van der Waals surface area contributed by atoms with Crippen LogP contribution in [0, 0.1) is 0 Å². The van der Waals surface area contributed by atoms with E-state index < -0.39 is 0 Å². The number of aromatic nitrogens is 1. The van der Waals surface area contributed by atoms with E-state index in [9.17, 15) is 0 Å². The molecule has 1 aromatic heterocycles. The summed E-state index contributed by atoms with van der Waals surface area (Å²) in [6.45, 7) is 0.710. The molecule has 0 saturated carbocycles. The summed E-state index contributed by atoms with van der Waals surface area (Å²) in [5, 5.41) is 4.02. The Morgan fingerprint density at radius 2 is 2.05 bits per heavy atom. The van der Waals surface area contributed by atoms with Crippen molar-refractivity contribution < 1.29 is 9.57 Å². The lowest BCUT2D eigenvalue weighted by atomic mass is 9.88. The van der Waals surface area contributed by atoms with Gasteiger partial charge in [-0.15, -0.1) is 0 Å². The molecule has 19 heavy (non-hydrogen) atoms. The molecule has 0 aliphatic carbocycles. The van der Waals surface area contributed by atoms with Crippen molar-refractivity contribution in [3.63, 3.8) is 0 Å². The topological polar surface area (TPSA) is 43.7 Å². The summed E-state index contributed by atoms with van der Waals surface area (Å²) in [6, 6.07) is 10.0. The Morgan fingerprint density at radius 3 is 3.05 bits per heavy atom. The zero-order valence-corrected chi connectivity index (χ0v) is 10.2. The van der Waals surface area contributed by atoms with Gasteiger partial charge >= 0.3 is 0 Å². The highest BCUT2D eigenvalue weighted by Crippen LogP contribution is 2.38. The van der Waals surface area contributed by atoms with E-state index in [1.807, 2.05) is 30.5 Å². The average molecular weight is 252 g/mol. The van der Waals surface area contributed by atoms with Crippen LogP contribution in [0.2, 0.25) is 0 Å². The first-order chi connectivity index (χ1) is 9.43. The molecule has 0 N–H and O–H groups in total. The van der Waals surface area contributed by atoms with Crippen molar-refractivity contribution in [2.75, 3.05) is 6.61 Å². The molecule has 4 nitrogen and oxygen atoms in total. The molecule has 1 aromatic carbocycles. The number of pyridine rings is 1. The number of rotatable bonds is 1. The minimum atomic E-state index is 0.114. The van der Waals surface area contributed by atoms with Gasteiger partial charge in [0.1, 0.15) is 0 Å². The third kappa shape index (κ3) is 1.60. The van der Waals surface area contributed by atoms with Gasteiger partial charge in [0.2, 0.25) is 5.88 Å². The molecule has 0 bridgehead atoms. The van der Waals surface area contributed by atoms with Gasteiger partial charge in [0.25, 0.3) is 0 Å². The van der Waals surface area contributed by atoms with Crippen LogP contribution in [0.4, 0.5) is 0 Å². The molecule has 0 fully saturated rings. The first kappa shape index (κ1) is 10.6. The van der Waals surface area contributed by atoms with Crippen LogP contribution in [0.1, 0.15) is 22.6 Å². The zero-order chi connectivity index (χ0) is 12.7. The Bertz CT molecular complexity index is 667. The Hall–Kier alpha value is -2.36. The van der Waals surface area contributed by atoms with Gasteiger partial charge in [-0.3, -0.25) is 0 Å². The molecule has 4 rings (SSSR count). The predicted octanol–water partition coefficient (Wildman–Crippen LogP) is 2.53. The summed E-state index contributed by atoms with van der Waals surface area (Å²) in [4.78, 5) is 9.59. The zero-order valence-electron chi connectivity index (χ0n) is 10.2. The maximum atomic E-state index is 5.53. The van der Waals surface area contributed by atoms with Crippen molar-refractivity contribution in [2.24, 2.45) is 5.16 Å². The summed E-state index contributed by atoms with van der Waals surface area (Å²) < 4.78 is 5.53. The molecular formula is C15H12N2O2. The smallest absolute Gasteiger partial charge is 0.216 e. The molecule has 2 aromatic rings. The van der Waals surface area contributed by atoms with E-state index in [0.29, 0.717) is 6.61 Å². The van der Waals surface area contributed by atoms with Crippen LogP contribution in [0.15, 0.2) is 41.7 Å². The lowest BCUT2D eigenvalue weighted by molar-refractivity contribution is 0.331. The van der Waals surface area contributed by atoms with Crippen LogP contribution in [0.5, 0.6) is 11.6 Å². The SMILES string of the molecule is C1=NOc2ccccc2C1c1ccnc2c1CCO2. The molecule has 3 heterocycles. The van der Waals surface area contributed by atoms with Crippen molar-refractivity contribution in [3.8, 4) is 11.6 Å². The number of ether oxygens (including phenoxy) is 1. The Kier molecular flexibility index (Phi) is 2.27. The third-order valence-corrected chi connectivity index (χ3v) is 3.59. The van der Waals surface area contributed by atoms with Crippen LogP contribution in [0.25, 0.3) is 0 Å². The summed E-state index contributed by atoms with van der Waals surface area (Å²) in [6.07, 6.45) is 4.55. The number of benzene rings is 1. The highest BCUT2D eigenvalue weighted by molar-refractivity contribution is 5.76. The highest BCUT2D eigenvalue weighted by atomic mass is 16.6. The minimum Gasteiger partial charge on any atom is -0.477 e. The van der Waals surface area contributed by atoms with Gasteiger partial charge in [-0.25, -0.2) is 4.98 Å². The minimum absolute atomic E-state index is 0.114. The van der Waals surface area contributed by atoms with E-state index >= 15 is 0 Å². The third-order valence-electron chi connectivity index (χ3n) is 3.59. The quantitative estimate of drug-likeness (QED) is 0.783. The maximum absolute atomic E-state index is 5.53. The molecule has 0 saturated heterocycles. The molecule has 2 aliphatic rings. The largest absolute Gasteiger partial charge is 0.477 e. The van der Waals surface area contributed by atoms with E-state index in [1.165, 1.54) is 11.1 Å². The van der Waals surface area contributed by atoms with Gasteiger partial charge in [-0.05, 0) is 17.7 Å². The van der Waals surface area contributed by atoms with Crippen LogP contribution >= 0.6 is 0 Å². The summed E-state index contributed by atoms with van der Waals surface area (Å²) in [5.41, 5.74) is 3.54. The number of para-hydroxylation sites is 1. The fourth-order valence-corrected chi connectivity index (χ4v) is 2.70. The van der Waals surface area contributed by atoms with Crippen molar-refractivity contribution in [1.82, 2.24) is 4.98 Å². The van der Waals surface area contributed by atoms with Crippen molar-refractivity contribution >= 4 is 6.21 Å². The van der Waals surface area contributed by atoms with Crippen molar-refractivity contribution in [1.29, 1.82) is 0 Å². The lowest BCUT2D eigenvalue weighted by Gasteiger charge is -2.20. The van der Waals surface area contributed by atoms with Gasteiger partial charge in [0, 0.05) is 23.7 Å². The van der Waals surface area contributed by atoms with Gasteiger partial charge in [0.15, 0.2) is 5.75 Å². The highest BCUT2D eigenvalue weighted by Gasteiger charge is 2.26. The van der Waals surface area contributed by atoms with Gasteiger partial charge in [-0.2, -0.15) is 0 Å². The first-order valence-corrected chi connectivity index (χ1v) is 6.33. The molecule has 1 atom stereocenters. The molecule has 0 spiro atoms. The summed E-state index contributed by atoms with van der Waals surface area (Å²) in [5.74, 6) is 1.69. The average Bonchev–Trinajstić information content (AvgIpc) is 2.95. The molecular weight excluding hydrogens is 240 g/mol. The molecule has 94 valence electrons. The second-order valence-electron chi connectivity index (χ2n) is 4.64. The molecule has 0 radical (unpaired) electrons. The Morgan fingerprint density at radius 1 is 1.11 bits per heavy atom. The maximum Gasteiger partial charge on any atom is 0.216 e. The number of nitrogens with zero attached hydrogens (tertiary/aromatic N) is 2. The summed E-state index contributed by atoms with van der Waals surface area (Å²) in [7, 11) is 0. The van der Waals surface area contributed by atoms with E-state index in [2.05, 4.69) is 16.2 Å². The molecule has 0 amide bonds. The monoisotopic (exact) mass is 252 g/mol. The molecule has 4 heteroatoms. The second kappa shape index (κ2) is 4.09. The number of fused-ring (bicyclic) bond motifs is 2. The van der Waals surface area contributed by atoms with Crippen LogP contribution < -0.4 is 9.57 Å². The van der Waals surface area contributed by atoms with Gasteiger partial charge in [-0.1, -0.05) is 23.4 Å². The fourth-order valence-electron chi connectivity index (χ4n) is 2.70. The van der Waals surface area contributed by atoms with Crippen LogP contribution in [0.3, 0.4) is 0 Å². The van der Waals surface area contributed by atoms with Gasteiger partial charge < -0.3 is 9.57 Å². The molecule has 2 aliphatic heterocycles. The number of hydrogen-bond acceptors (Lipinski definition) is 4. The Labute approximate surface area is 110 Å². The second-order valence-corrected chi connectivity index (χ2v) is 4.64. The summed E-state index contributed by atoms with van der Waals surface area (Å²) >= 11 is 0. The van der Waals surface area contributed by atoms with Crippen LogP contribution in [-0.4, -0.2) is 17.8 Å². The first-order valence-electron chi connectivity index (χ1n) is 6.33. The fraction of sp³-hybridized carbons (Fsp3) is 0.200. The standard InChI is InChI=1S/C15H12N2O2/c1-2-4-14-11(3-1)13(9-17-19-14)10-5-7-16-15-12(10)6-8-18-15/h1-5,7,9,13H,6,8H2. The lowest BCUT2D eigenvalue weighted by Crippen LogP contribution is -2.11. The molecule has 1 unspecified atom stereocenters. The van der Waals surface area contributed by atoms with E-state index in [-0.39, 0.29) is 5.92 Å². The van der Waals surface area contributed by atoms with Crippen LogP contribution in [-0.2, 0) is 6.42 Å². The van der Waals surface area contributed by atoms with E-state index in [1.54, 1.807) is 6.20 Å². The Balaban J connectivity index is 1.87. The van der Waals surface area contributed by atoms with E-state index in [0.717, 1.165) is 23.6 Å². The van der Waals surface area contributed by atoms with E-state index in [4.69, 9.17) is 9.57 Å². The number of hydrogen-bond donors (Lipinski definition) is 0. The number of oxime groups is 1. The predicted molar refractivity (Wildman–Crippen MR) is 70.8 cm³/mol. The van der Waals surface area contributed by atoms with Gasteiger partial charge in [0.05, 0.1) is 18.7 Å².